The smallest absolute Gasteiger partial charge is 0.224 e. The van der Waals surface area contributed by atoms with Crippen molar-refractivity contribution < 1.29 is 18.3 Å². The van der Waals surface area contributed by atoms with Crippen molar-refractivity contribution in [2.75, 3.05) is 18.0 Å². The number of ether oxygens (including phenoxy) is 1. The Morgan fingerprint density at radius 3 is 2.33 bits per heavy atom. The van der Waals surface area contributed by atoms with E-state index in [2.05, 4.69) is 5.32 Å². The number of carbonyl (C=O) groups excluding carboxylic acids is 1. The molecule has 6 heteroatoms. The summed E-state index contributed by atoms with van der Waals surface area (Å²) in [5.74, 6) is -0.831. The number of anilines is 1. The second-order valence-corrected chi connectivity index (χ2v) is 7.03. The van der Waals surface area contributed by atoms with Crippen LogP contribution in [-0.4, -0.2) is 31.2 Å². The number of amides is 1. The molecule has 1 aliphatic rings. The van der Waals surface area contributed by atoms with Crippen LogP contribution >= 0.6 is 0 Å². The lowest BCUT2D eigenvalue weighted by molar-refractivity contribution is -0.120. The van der Waals surface area contributed by atoms with Gasteiger partial charge in [-0.2, -0.15) is 0 Å². The first-order valence-electron chi connectivity index (χ1n) is 9.10. The van der Waals surface area contributed by atoms with Crippen molar-refractivity contribution in [1.29, 1.82) is 0 Å². The van der Waals surface area contributed by atoms with E-state index < -0.39 is 0 Å². The molecule has 1 saturated heterocycles. The van der Waals surface area contributed by atoms with Gasteiger partial charge < -0.3 is 15.0 Å². The van der Waals surface area contributed by atoms with Gasteiger partial charge in [0.25, 0.3) is 0 Å². The maximum Gasteiger partial charge on any atom is 0.224 e. The summed E-state index contributed by atoms with van der Waals surface area (Å²) in [5.41, 5.74) is 1.97. The summed E-state index contributed by atoms with van der Waals surface area (Å²) in [5, 5.41) is 2.77. The van der Waals surface area contributed by atoms with Crippen LogP contribution in [0.15, 0.2) is 42.5 Å². The maximum absolute atomic E-state index is 14.6. The Kier molecular flexibility index (Phi) is 6.06. The van der Waals surface area contributed by atoms with Crippen LogP contribution in [0.1, 0.15) is 25.0 Å². The van der Waals surface area contributed by atoms with Crippen molar-refractivity contribution in [2.45, 2.75) is 39.0 Å². The molecule has 0 aromatic heterocycles. The highest BCUT2D eigenvalue weighted by atomic mass is 19.1. The Labute approximate surface area is 158 Å². The van der Waals surface area contributed by atoms with E-state index in [1.54, 1.807) is 18.2 Å². The minimum Gasteiger partial charge on any atom is -0.372 e. The van der Waals surface area contributed by atoms with Gasteiger partial charge in [-0.3, -0.25) is 4.79 Å². The molecule has 2 aromatic rings. The van der Waals surface area contributed by atoms with Crippen LogP contribution in [0.5, 0.6) is 0 Å². The first kappa shape index (κ1) is 19.3. The molecule has 1 fully saturated rings. The summed E-state index contributed by atoms with van der Waals surface area (Å²) in [4.78, 5) is 14.0. The molecule has 0 bridgehead atoms. The monoisotopic (exact) mass is 374 g/mol. The van der Waals surface area contributed by atoms with Crippen LogP contribution < -0.4 is 10.2 Å². The minimum absolute atomic E-state index is 0.0542. The third-order valence-corrected chi connectivity index (χ3v) is 4.54. The first-order valence-corrected chi connectivity index (χ1v) is 9.10. The lowest BCUT2D eigenvalue weighted by Gasteiger charge is -2.37. The molecule has 2 unspecified atom stereocenters. The van der Waals surface area contributed by atoms with Crippen LogP contribution in [0.2, 0.25) is 0 Å². The fourth-order valence-electron chi connectivity index (χ4n) is 3.34. The van der Waals surface area contributed by atoms with Gasteiger partial charge in [0.1, 0.15) is 11.6 Å². The fraction of sp³-hybridized carbons (Fsp3) is 0.381. The zero-order chi connectivity index (χ0) is 19.4. The Bertz CT molecular complexity index is 785. The number of nitrogens with one attached hydrogen (secondary N) is 1. The van der Waals surface area contributed by atoms with Gasteiger partial charge in [0.15, 0.2) is 0 Å². The van der Waals surface area contributed by atoms with E-state index in [1.807, 2.05) is 24.8 Å². The molecule has 4 nitrogen and oxygen atoms in total. The molecule has 0 radical (unpaired) electrons. The van der Waals surface area contributed by atoms with Crippen LogP contribution in [0.3, 0.4) is 0 Å². The van der Waals surface area contributed by atoms with E-state index >= 15 is 0 Å². The molecule has 2 aromatic carbocycles. The van der Waals surface area contributed by atoms with Crippen molar-refractivity contribution in [3.05, 3.63) is 65.2 Å². The topological polar surface area (TPSA) is 41.6 Å². The van der Waals surface area contributed by atoms with E-state index in [4.69, 9.17) is 4.74 Å². The van der Waals surface area contributed by atoms with Gasteiger partial charge in [-0.1, -0.05) is 18.2 Å². The summed E-state index contributed by atoms with van der Waals surface area (Å²) in [6.07, 6.45) is 0.266. The van der Waals surface area contributed by atoms with E-state index in [9.17, 15) is 13.6 Å². The third-order valence-electron chi connectivity index (χ3n) is 4.54. The molecule has 144 valence electrons. The van der Waals surface area contributed by atoms with Crippen molar-refractivity contribution in [2.24, 2.45) is 0 Å². The summed E-state index contributed by atoms with van der Waals surface area (Å²) in [6.45, 7) is 5.49. The average Bonchev–Trinajstić information content (AvgIpc) is 2.61. The Morgan fingerprint density at radius 2 is 1.70 bits per heavy atom. The zero-order valence-corrected chi connectivity index (χ0v) is 15.5. The standard InChI is InChI=1S/C21H24F2N2O2/c1-14-12-25(13-15(2)27-14)20-8-5-17(9-19(20)23)11-24-21(26)10-16-3-6-18(22)7-4-16/h3-9,14-15H,10-13H2,1-2H3,(H,24,26). The number of carbonyl (C=O) groups is 1. The third kappa shape index (κ3) is 5.26. The molecule has 0 aliphatic carbocycles. The number of morpholine rings is 1. The summed E-state index contributed by atoms with van der Waals surface area (Å²) in [7, 11) is 0. The van der Waals surface area contributed by atoms with Crippen molar-refractivity contribution in [3.63, 3.8) is 0 Å². The number of rotatable bonds is 5. The zero-order valence-electron chi connectivity index (χ0n) is 15.5. The van der Waals surface area contributed by atoms with Gasteiger partial charge in [0, 0.05) is 19.6 Å². The maximum atomic E-state index is 14.6. The van der Waals surface area contributed by atoms with Crippen LogP contribution in [0.4, 0.5) is 14.5 Å². The van der Waals surface area contributed by atoms with Gasteiger partial charge in [0.05, 0.1) is 24.3 Å². The van der Waals surface area contributed by atoms with E-state index in [-0.39, 0.29) is 42.7 Å². The van der Waals surface area contributed by atoms with Crippen LogP contribution in [0.25, 0.3) is 0 Å². The average molecular weight is 374 g/mol. The molecule has 3 rings (SSSR count). The van der Waals surface area contributed by atoms with E-state index in [0.29, 0.717) is 24.3 Å². The summed E-state index contributed by atoms with van der Waals surface area (Å²) in [6, 6.07) is 10.8. The SMILES string of the molecule is CC1CN(c2ccc(CNC(=O)Cc3ccc(F)cc3)cc2F)CC(C)O1. The minimum atomic E-state index is -0.334. The Morgan fingerprint density at radius 1 is 1.07 bits per heavy atom. The lowest BCUT2D eigenvalue weighted by Crippen LogP contribution is -2.45. The fourth-order valence-corrected chi connectivity index (χ4v) is 3.34. The number of benzene rings is 2. The van der Waals surface area contributed by atoms with Gasteiger partial charge in [0.2, 0.25) is 5.91 Å². The molecule has 1 amide bonds. The quantitative estimate of drug-likeness (QED) is 0.872. The lowest BCUT2D eigenvalue weighted by atomic mass is 10.1. The second kappa shape index (κ2) is 8.48. The predicted molar refractivity (Wildman–Crippen MR) is 101 cm³/mol. The Hall–Kier alpha value is -2.47. The van der Waals surface area contributed by atoms with E-state index in [1.165, 1.54) is 18.2 Å². The number of hydrogen-bond donors (Lipinski definition) is 1. The number of hydrogen-bond acceptors (Lipinski definition) is 3. The van der Waals surface area contributed by atoms with Gasteiger partial charge in [-0.25, -0.2) is 8.78 Å². The first-order chi connectivity index (χ1) is 12.9. The molecule has 27 heavy (non-hydrogen) atoms. The highest BCUT2D eigenvalue weighted by molar-refractivity contribution is 5.78. The molecule has 1 N–H and O–H groups in total. The summed E-state index contributed by atoms with van der Waals surface area (Å²) >= 11 is 0. The van der Waals surface area contributed by atoms with Crippen molar-refractivity contribution >= 4 is 11.6 Å². The largest absolute Gasteiger partial charge is 0.372 e. The molecule has 1 aliphatic heterocycles. The van der Waals surface area contributed by atoms with Gasteiger partial charge >= 0.3 is 0 Å². The highest BCUT2D eigenvalue weighted by Crippen LogP contribution is 2.24. The molecule has 2 atom stereocenters. The van der Waals surface area contributed by atoms with Gasteiger partial charge in [-0.15, -0.1) is 0 Å². The number of nitrogens with zero attached hydrogens (tertiary/aromatic N) is 1. The van der Waals surface area contributed by atoms with Crippen LogP contribution in [-0.2, 0) is 22.5 Å². The highest BCUT2D eigenvalue weighted by Gasteiger charge is 2.24. The number of halogens is 2. The van der Waals surface area contributed by atoms with Crippen molar-refractivity contribution in [1.82, 2.24) is 5.32 Å². The molecule has 0 spiro atoms. The van der Waals surface area contributed by atoms with Crippen LogP contribution in [0, 0.1) is 11.6 Å². The molecular formula is C21H24F2N2O2. The molecule has 1 heterocycles. The predicted octanol–water partition coefficient (Wildman–Crippen LogP) is 3.44. The van der Waals surface area contributed by atoms with E-state index in [0.717, 1.165) is 5.56 Å². The molecule has 0 saturated carbocycles. The summed E-state index contributed by atoms with van der Waals surface area (Å²) < 4.78 is 33.2. The normalized spacial score (nSPS) is 19.8. The Balaban J connectivity index is 1.57. The van der Waals surface area contributed by atoms with Crippen molar-refractivity contribution in [3.8, 4) is 0 Å². The van der Waals surface area contributed by atoms with Gasteiger partial charge in [-0.05, 0) is 49.2 Å². The second-order valence-electron chi connectivity index (χ2n) is 7.03. The molecular weight excluding hydrogens is 350 g/mol.